The van der Waals surface area contributed by atoms with Gasteiger partial charge in [-0.3, -0.25) is 9.59 Å². The summed E-state index contributed by atoms with van der Waals surface area (Å²) in [5, 5.41) is 8.90. The van der Waals surface area contributed by atoms with Gasteiger partial charge in [0.25, 0.3) is 10.0 Å². The maximum absolute atomic E-state index is 11.9. The largest absolute Gasteiger partial charge is 0.480 e. The highest BCUT2D eigenvalue weighted by Crippen LogP contribution is 2.20. The van der Waals surface area contributed by atoms with Crippen LogP contribution in [0.25, 0.3) is 0 Å². The van der Waals surface area contributed by atoms with Gasteiger partial charge in [-0.2, -0.15) is 4.72 Å². The number of aliphatic carboxylic acids is 1. The fourth-order valence-corrected chi connectivity index (χ4v) is 3.72. The Morgan fingerprint density at radius 3 is 2.53 bits per heavy atom. The van der Waals surface area contributed by atoms with Crippen LogP contribution < -0.4 is 4.72 Å². The molecule has 0 amide bonds. The molecule has 9 heteroatoms. The van der Waals surface area contributed by atoms with Crippen LogP contribution in [0.5, 0.6) is 0 Å². The second-order valence-corrected chi connectivity index (χ2v) is 6.89. The molecule has 0 spiro atoms. The van der Waals surface area contributed by atoms with Gasteiger partial charge in [0.15, 0.2) is 0 Å². The lowest BCUT2D eigenvalue weighted by Gasteiger charge is -2.12. The fourth-order valence-electron chi connectivity index (χ4n) is 1.23. The van der Waals surface area contributed by atoms with E-state index in [1.165, 1.54) is 6.07 Å². The topological polar surface area (TPSA) is 110 Å². The fraction of sp³-hybridized carbons (Fsp3) is 0.400. The average molecular weight is 307 g/mol. The van der Waals surface area contributed by atoms with Crippen molar-refractivity contribution in [3.63, 3.8) is 0 Å². The van der Waals surface area contributed by atoms with Crippen LogP contribution in [0.4, 0.5) is 0 Å². The molecule has 106 valence electrons. The molecule has 0 aromatic carbocycles. The first-order chi connectivity index (χ1) is 8.76. The van der Waals surface area contributed by atoms with Crippen LogP contribution >= 0.6 is 11.3 Å². The molecule has 0 aliphatic heterocycles. The second-order valence-electron chi connectivity index (χ2n) is 3.66. The molecule has 0 aliphatic carbocycles. The summed E-state index contributed by atoms with van der Waals surface area (Å²) in [6.45, 7) is 1.73. The lowest BCUT2D eigenvalue weighted by atomic mass is 10.2. The molecule has 0 unspecified atom stereocenters. The predicted molar refractivity (Wildman–Crippen MR) is 67.4 cm³/mol. The summed E-state index contributed by atoms with van der Waals surface area (Å²) in [6, 6.07) is 1.43. The van der Waals surface area contributed by atoms with Crippen LogP contribution in [0.3, 0.4) is 0 Å². The summed E-state index contributed by atoms with van der Waals surface area (Å²) in [7, 11) is -2.86. The third kappa shape index (κ3) is 4.30. The minimum absolute atomic E-state index is 0.00103. The van der Waals surface area contributed by atoms with Crippen molar-refractivity contribution in [2.24, 2.45) is 0 Å². The van der Waals surface area contributed by atoms with E-state index >= 15 is 0 Å². The van der Waals surface area contributed by atoms with Gasteiger partial charge in [-0.05, 0) is 19.1 Å². The minimum Gasteiger partial charge on any atom is -0.480 e. The summed E-state index contributed by atoms with van der Waals surface area (Å²) in [5.74, 6) is -2.25. The Hall–Kier alpha value is -1.45. The van der Waals surface area contributed by atoms with E-state index in [2.05, 4.69) is 4.74 Å². The Morgan fingerprint density at radius 2 is 2.11 bits per heavy atom. The average Bonchev–Trinajstić information content (AvgIpc) is 2.75. The van der Waals surface area contributed by atoms with Gasteiger partial charge in [-0.25, -0.2) is 8.42 Å². The lowest BCUT2D eigenvalue weighted by Crippen LogP contribution is -2.42. The molecule has 0 bridgehead atoms. The number of hydrogen-bond donors (Lipinski definition) is 2. The van der Waals surface area contributed by atoms with Crippen LogP contribution in [-0.2, 0) is 24.3 Å². The van der Waals surface area contributed by atoms with E-state index in [4.69, 9.17) is 5.11 Å². The Bertz CT molecular complexity index is 577. The smallest absolute Gasteiger partial charge is 0.322 e. The van der Waals surface area contributed by atoms with Crippen molar-refractivity contribution in [1.29, 1.82) is 0 Å². The number of carbonyl (C=O) groups is 2. The van der Waals surface area contributed by atoms with E-state index in [0.29, 0.717) is 0 Å². The quantitative estimate of drug-likeness (QED) is 0.734. The number of aryl methyl sites for hydroxylation is 1. The number of thiophene rings is 1. The summed E-state index contributed by atoms with van der Waals surface area (Å²) >= 11 is 1.01. The highest BCUT2D eigenvalue weighted by Gasteiger charge is 2.28. The summed E-state index contributed by atoms with van der Waals surface area (Å²) < 4.78 is 30.1. The number of nitrogens with one attached hydrogen (secondary N) is 1. The van der Waals surface area contributed by atoms with Crippen molar-refractivity contribution in [3.05, 3.63) is 17.0 Å². The highest BCUT2D eigenvalue weighted by atomic mass is 32.2. The number of carboxylic acids is 1. The molecule has 1 rings (SSSR count). The van der Waals surface area contributed by atoms with E-state index in [-0.39, 0.29) is 4.21 Å². The third-order valence-corrected chi connectivity index (χ3v) is 5.14. The van der Waals surface area contributed by atoms with Crippen LogP contribution in [-0.4, -0.2) is 38.6 Å². The number of sulfonamides is 1. The molecular formula is C10H13NO6S2. The standard InChI is InChI=1S/C10H13NO6S2/c1-6-3-4-9(18-6)19(15,16)11-7(10(13)14)5-8(12)17-2/h3-4,7,11H,5H2,1-2H3,(H,13,14)/t7-/m0/s1. The Morgan fingerprint density at radius 1 is 1.47 bits per heavy atom. The van der Waals surface area contributed by atoms with Crippen molar-refractivity contribution in [2.75, 3.05) is 7.11 Å². The van der Waals surface area contributed by atoms with E-state index in [0.717, 1.165) is 23.3 Å². The number of carbonyl (C=O) groups excluding carboxylic acids is 1. The van der Waals surface area contributed by atoms with E-state index in [1.54, 1.807) is 13.0 Å². The van der Waals surface area contributed by atoms with Crippen LogP contribution in [0.1, 0.15) is 11.3 Å². The number of esters is 1. The Kier molecular flexibility index (Phi) is 5.04. The zero-order chi connectivity index (χ0) is 14.6. The lowest BCUT2D eigenvalue weighted by molar-refractivity contribution is -0.147. The first-order valence-electron chi connectivity index (χ1n) is 5.14. The van der Waals surface area contributed by atoms with Crippen molar-refractivity contribution in [2.45, 2.75) is 23.6 Å². The molecular weight excluding hydrogens is 294 g/mol. The molecule has 1 aromatic rings. The van der Waals surface area contributed by atoms with E-state index in [1.807, 2.05) is 4.72 Å². The van der Waals surface area contributed by atoms with E-state index < -0.39 is 34.4 Å². The molecule has 0 saturated heterocycles. The van der Waals surface area contributed by atoms with Gasteiger partial charge in [0, 0.05) is 4.88 Å². The Balaban J connectivity index is 2.90. The summed E-state index contributed by atoms with van der Waals surface area (Å²) in [4.78, 5) is 22.7. The molecule has 1 aromatic heterocycles. The number of ether oxygens (including phenoxy) is 1. The molecule has 19 heavy (non-hydrogen) atoms. The van der Waals surface area contributed by atoms with Gasteiger partial charge in [0.2, 0.25) is 0 Å². The summed E-state index contributed by atoms with van der Waals surface area (Å²) in [6.07, 6.45) is -0.574. The van der Waals surface area contributed by atoms with Gasteiger partial charge in [0.05, 0.1) is 13.5 Å². The number of carboxylic acid groups (broad SMARTS) is 1. The van der Waals surface area contributed by atoms with Crippen molar-refractivity contribution in [1.82, 2.24) is 4.72 Å². The molecule has 0 aliphatic rings. The maximum Gasteiger partial charge on any atom is 0.322 e. The molecule has 0 fully saturated rings. The van der Waals surface area contributed by atoms with Gasteiger partial charge in [-0.1, -0.05) is 0 Å². The molecule has 0 saturated carbocycles. The number of methoxy groups -OCH3 is 1. The first kappa shape index (κ1) is 15.6. The second kappa shape index (κ2) is 6.13. The van der Waals surface area contributed by atoms with Crippen LogP contribution in [0.15, 0.2) is 16.3 Å². The third-order valence-electron chi connectivity index (χ3n) is 2.17. The zero-order valence-corrected chi connectivity index (χ0v) is 11.9. The zero-order valence-electron chi connectivity index (χ0n) is 10.2. The highest BCUT2D eigenvalue weighted by molar-refractivity contribution is 7.91. The summed E-state index contributed by atoms with van der Waals surface area (Å²) in [5.41, 5.74) is 0. The molecule has 0 radical (unpaired) electrons. The SMILES string of the molecule is COC(=O)C[C@H](NS(=O)(=O)c1ccc(C)s1)C(=O)O. The predicted octanol–water partition coefficient (Wildman–Crippen LogP) is 0.351. The van der Waals surface area contributed by atoms with Gasteiger partial charge >= 0.3 is 11.9 Å². The van der Waals surface area contributed by atoms with Crippen LogP contribution in [0.2, 0.25) is 0 Å². The van der Waals surface area contributed by atoms with E-state index in [9.17, 15) is 18.0 Å². The first-order valence-corrected chi connectivity index (χ1v) is 7.44. The minimum atomic E-state index is -3.96. The Labute approximate surface area is 114 Å². The van der Waals surface area contributed by atoms with Gasteiger partial charge in [-0.15, -0.1) is 11.3 Å². The molecule has 2 N–H and O–H groups in total. The van der Waals surface area contributed by atoms with Crippen molar-refractivity contribution in [3.8, 4) is 0 Å². The molecule has 1 atom stereocenters. The van der Waals surface area contributed by atoms with Gasteiger partial charge in [0.1, 0.15) is 10.3 Å². The van der Waals surface area contributed by atoms with Crippen molar-refractivity contribution >= 4 is 33.3 Å². The van der Waals surface area contributed by atoms with Gasteiger partial charge < -0.3 is 9.84 Å². The number of hydrogen-bond acceptors (Lipinski definition) is 6. The van der Waals surface area contributed by atoms with Crippen molar-refractivity contribution < 1.29 is 27.9 Å². The normalized spacial score (nSPS) is 12.9. The molecule has 1 heterocycles. The monoisotopic (exact) mass is 307 g/mol. The maximum atomic E-state index is 11.9. The number of rotatable bonds is 6. The molecule has 7 nitrogen and oxygen atoms in total. The van der Waals surface area contributed by atoms with Crippen LogP contribution in [0, 0.1) is 6.92 Å².